The van der Waals surface area contributed by atoms with Gasteiger partial charge in [0.05, 0.1) is 12.3 Å². The molecule has 1 atom stereocenters. The number of carbonyl (C=O) groups is 1. The van der Waals surface area contributed by atoms with Gasteiger partial charge in [-0.3, -0.25) is 0 Å². The third-order valence-electron chi connectivity index (χ3n) is 6.13. The van der Waals surface area contributed by atoms with Crippen LogP contribution in [0, 0.1) is 0 Å². The van der Waals surface area contributed by atoms with Crippen LogP contribution in [0.1, 0.15) is 26.3 Å². The van der Waals surface area contributed by atoms with Gasteiger partial charge in [-0.15, -0.1) is 0 Å². The topological polar surface area (TPSA) is 69.2 Å². The Morgan fingerprint density at radius 3 is 2.15 bits per heavy atom. The molecule has 0 heterocycles. The molecule has 0 spiro atoms. The lowest BCUT2D eigenvalue weighted by Gasteiger charge is -2.15. The number of anilines is 1. The van der Waals surface area contributed by atoms with Gasteiger partial charge in [-0.05, 0) is 72.9 Å². The zero-order valence-electron chi connectivity index (χ0n) is 22.6. The van der Waals surface area contributed by atoms with E-state index in [4.69, 9.17) is 14.3 Å². The molecule has 0 radical (unpaired) electrons. The van der Waals surface area contributed by atoms with Gasteiger partial charge >= 0.3 is 5.97 Å². The van der Waals surface area contributed by atoms with Crippen LogP contribution in [0.25, 0.3) is 22.3 Å². The first-order valence-corrected chi connectivity index (χ1v) is 13.1. The van der Waals surface area contributed by atoms with Gasteiger partial charge in [-0.1, -0.05) is 84.0 Å². The standard InChI is InChI=1S/C33H34N2O4/c1-4-37-33(36)25(3)34-31-12-8-11-30(23-31)29-17-19-32(20-18-29)38-21-22-39-35-24(2)26-13-15-28(16-14-26)27-9-6-5-7-10-27/h5-20,23,25,34H,4,21-22H2,1-3H3. The minimum Gasteiger partial charge on any atom is -0.490 e. The summed E-state index contributed by atoms with van der Waals surface area (Å²) in [6.07, 6.45) is 0. The molecule has 4 rings (SSSR count). The van der Waals surface area contributed by atoms with Crippen LogP contribution in [-0.4, -0.2) is 37.5 Å². The molecular weight excluding hydrogens is 488 g/mol. The number of oxime groups is 1. The van der Waals surface area contributed by atoms with Crippen molar-refractivity contribution in [1.82, 2.24) is 0 Å². The van der Waals surface area contributed by atoms with Gasteiger partial charge in [0, 0.05) is 5.69 Å². The molecule has 0 fully saturated rings. The third kappa shape index (κ3) is 7.95. The van der Waals surface area contributed by atoms with Crippen molar-refractivity contribution in [2.24, 2.45) is 5.16 Å². The molecule has 1 N–H and O–H groups in total. The summed E-state index contributed by atoms with van der Waals surface area (Å²) in [6.45, 7) is 6.60. The molecule has 4 aromatic carbocycles. The molecular formula is C33H34N2O4. The number of esters is 1. The molecule has 4 aromatic rings. The molecule has 0 saturated carbocycles. The Morgan fingerprint density at radius 2 is 1.44 bits per heavy atom. The van der Waals surface area contributed by atoms with E-state index in [0.29, 0.717) is 19.8 Å². The summed E-state index contributed by atoms with van der Waals surface area (Å²) in [5.41, 5.74) is 7.12. The van der Waals surface area contributed by atoms with Gasteiger partial charge < -0.3 is 19.6 Å². The van der Waals surface area contributed by atoms with Crippen molar-refractivity contribution in [2.75, 3.05) is 25.1 Å². The second-order valence-electron chi connectivity index (χ2n) is 9.03. The minimum absolute atomic E-state index is 0.272. The van der Waals surface area contributed by atoms with E-state index >= 15 is 0 Å². The van der Waals surface area contributed by atoms with Gasteiger partial charge in [0.1, 0.15) is 18.4 Å². The molecule has 6 nitrogen and oxygen atoms in total. The summed E-state index contributed by atoms with van der Waals surface area (Å²) < 4.78 is 10.9. The molecule has 1 unspecified atom stereocenters. The van der Waals surface area contributed by atoms with E-state index in [0.717, 1.165) is 33.8 Å². The van der Waals surface area contributed by atoms with E-state index in [2.05, 4.69) is 46.9 Å². The molecule has 0 aliphatic heterocycles. The van der Waals surface area contributed by atoms with Crippen LogP contribution < -0.4 is 10.1 Å². The summed E-state index contributed by atoms with van der Waals surface area (Å²) in [4.78, 5) is 17.4. The minimum atomic E-state index is -0.425. The van der Waals surface area contributed by atoms with Crippen molar-refractivity contribution < 1.29 is 19.1 Å². The molecule has 6 heteroatoms. The van der Waals surface area contributed by atoms with Gasteiger partial charge in [0.15, 0.2) is 6.61 Å². The smallest absolute Gasteiger partial charge is 0.328 e. The quantitative estimate of drug-likeness (QED) is 0.0922. The van der Waals surface area contributed by atoms with Crippen molar-refractivity contribution in [3.63, 3.8) is 0 Å². The number of ether oxygens (including phenoxy) is 2. The zero-order valence-corrected chi connectivity index (χ0v) is 22.6. The van der Waals surface area contributed by atoms with Crippen molar-refractivity contribution in [3.8, 4) is 28.0 Å². The lowest BCUT2D eigenvalue weighted by Crippen LogP contribution is -2.28. The summed E-state index contributed by atoms with van der Waals surface area (Å²) in [5, 5.41) is 7.42. The van der Waals surface area contributed by atoms with Crippen molar-refractivity contribution in [1.29, 1.82) is 0 Å². The summed E-state index contributed by atoms with van der Waals surface area (Å²) >= 11 is 0. The average molecular weight is 523 g/mol. The maximum absolute atomic E-state index is 11.9. The van der Waals surface area contributed by atoms with Crippen molar-refractivity contribution in [2.45, 2.75) is 26.8 Å². The monoisotopic (exact) mass is 522 g/mol. The maximum Gasteiger partial charge on any atom is 0.328 e. The van der Waals surface area contributed by atoms with Crippen LogP contribution in [-0.2, 0) is 14.4 Å². The van der Waals surface area contributed by atoms with Crippen molar-refractivity contribution in [3.05, 3.63) is 109 Å². The first-order chi connectivity index (χ1) is 19.0. The Hall–Kier alpha value is -4.58. The molecule has 0 aliphatic carbocycles. The van der Waals surface area contributed by atoms with Crippen LogP contribution in [0.4, 0.5) is 5.69 Å². The number of benzene rings is 4. The SMILES string of the molecule is CCOC(=O)C(C)Nc1cccc(-c2ccc(OCCON=C(C)c3ccc(-c4ccccc4)cc3)cc2)c1. The Labute approximate surface area is 230 Å². The summed E-state index contributed by atoms with van der Waals surface area (Å²) in [5.74, 6) is 0.483. The highest BCUT2D eigenvalue weighted by Gasteiger charge is 2.13. The number of hydrogen-bond donors (Lipinski definition) is 1. The van der Waals surface area contributed by atoms with Gasteiger partial charge in [0.2, 0.25) is 0 Å². The molecule has 0 saturated heterocycles. The predicted octanol–water partition coefficient (Wildman–Crippen LogP) is 7.20. The first-order valence-electron chi connectivity index (χ1n) is 13.1. The predicted molar refractivity (Wildman–Crippen MR) is 157 cm³/mol. The number of nitrogens with zero attached hydrogens (tertiary/aromatic N) is 1. The maximum atomic E-state index is 11.9. The normalized spacial score (nSPS) is 11.9. The van der Waals surface area contributed by atoms with Gasteiger partial charge in [-0.2, -0.15) is 0 Å². The van der Waals surface area contributed by atoms with Crippen LogP contribution in [0.3, 0.4) is 0 Å². The van der Waals surface area contributed by atoms with Gasteiger partial charge in [0.25, 0.3) is 0 Å². The fourth-order valence-electron chi connectivity index (χ4n) is 4.03. The highest BCUT2D eigenvalue weighted by Crippen LogP contribution is 2.25. The van der Waals surface area contributed by atoms with Crippen LogP contribution >= 0.6 is 0 Å². The van der Waals surface area contributed by atoms with Crippen LogP contribution in [0.2, 0.25) is 0 Å². The van der Waals surface area contributed by atoms with E-state index < -0.39 is 6.04 Å². The fourth-order valence-corrected chi connectivity index (χ4v) is 4.03. The molecule has 0 aliphatic rings. The van der Waals surface area contributed by atoms with Crippen LogP contribution in [0.5, 0.6) is 5.75 Å². The highest BCUT2D eigenvalue weighted by atomic mass is 16.6. The average Bonchev–Trinajstić information content (AvgIpc) is 2.98. The second kappa shape index (κ2) is 13.8. The van der Waals surface area contributed by atoms with Crippen molar-refractivity contribution >= 4 is 17.4 Å². The van der Waals surface area contributed by atoms with E-state index in [1.165, 1.54) is 11.1 Å². The Kier molecular flexibility index (Phi) is 9.73. The van der Waals surface area contributed by atoms with Gasteiger partial charge in [-0.25, -0.2) is 4.79 Å². The molecule has 0 bridgehead atoms. The van der Waals surface area contributed by atoms with E-state index in [1.807, 2.05) is 73.7 Å². The number of rotatable bonds is 12. The lowest BCUT2D eigenvalue weighted by molar-refractivity contribution is -0.143. The number of hydrogen-bond acceptors (Lipinski definition) is 6. The largest absolute Gasteiger partial charge is 0.490 e. The summed E-state index contributed by atoms with van der Waals surface area (Å²) in [6, 6.07) is 33.9. The Morgan fingerprint density at radius 1 is 0.795 bits per heavy atom. The zero-order chi connectivity index (χ0) is 27.5. The lowest BCUT2D eigenvalue weighted by atomic mass is 10.0. The molecule has 200 valence electrons. The summed E-state index contributed by atoms with van der Waals surface area (Å²) in [7, 11) is 0. The molecule has 0 amide bonds. The third-order valence-corrected chi connectivity index (χ3v) is 6.13. The van der Waals surface area contributed by atoms with Crippen LogP contribution in [0.15, 0.2) is 108 Å². The number of carbonyl (C=O) groups excluding carboxylic acids is 1. The first kappa shape index (κ1) is 27.5. The van der Waals surface area contributed by atoms with E-state index in [9.17, 15) is 4.79 Å². The Balaban J connectivity index is 1.24. The molecule has 0 aromatic heterocycles. The highest BCUT2D eigenvalue weighted by molar-refractivity contribution is 5.98. The number of nitrogens with one attached hydrogen (secondary N) is 1. The Bertz CT molecular complexity index is 1370. The van der Waals surface area contributed by atoms with E-state index in [-0.39, 0.29) is 5.97 Å². The molecule has 39 heavy (non-hydrogen) atoms. The second-order valence-corrected chi connectivity index (χ2v) is 9.03. The van der Waals surface area contributed by atoms with E-state index in [1.54, 1.807) is 13.8 Å². The fraction of sp³-hybridized carbons (Fsp3) is 0.212.